The largest absolute Gasteiger partial charge is 0.368 e. The van der Waals surface area contributed by atoms with Gasteiger partial charge in [0.1, 0.15) is 0 Å². The van der Waals surface area contributed by atoms with E-state index < -0.39 is 5.82 Å². The van der Waals surface area contributed by atoms with Gasteiger partial charge in [-0.3, -0.25) is 0 Å². The van der Waals surface area contributed by atoms with E-state index in [-0.39, 0.29) is 17.2 Å². The fraction of sp³-hybridized carbons (Fsp3) is 0.312. The van der Waals surface area contributed by atoms with E-state index in [1.807, 2.05) is 23.1 Å². The standard InChI is InChI=1S/C16H15BrFN5/c1-16(5-2-6-19)9-23(13-7-10(17)3-4-11(13)16)14-12(18)8-21-15(20)22-14/h3-4,7-8H,2,5,9H2,1H3,(H2,20,21,22). The predicted octanol–water partition coefficient (Wildman–Crippen LogP) is 3.67. The highest BCUT2D eigenvalue weighted by atomic mass is 79.9. The molecule has 118 valence electrons. The van der Waals surface area contributed by atoms with Gasteiger partial charge in [0.2, 0.25) is 5.95 Å². The van der Waals surface area contributed by atoms with Crippen molar-refractivity contribution in [2.24, 2.45) is 0 Å². The zero-order valence-corrected chi connectivity index (χ0v) is 14.1. The lowest BCUT2D eigenvalue weighted by atomic mass is 9.80. The second-order valence-electron chi connectivity index (χ2n) is 5.87. The Labute approximate surface area is 142 Å². The van der Waals surface area contributed by atoms with E-state index >= 15 is 0 Å². The summed E-state index contributed by atoms with van der Waals surface area (Å²) in [6.45, 7) is 2.62. The van der Waals surface area contributed by atoms with E-state index in [0.717, 1.165) is 21.9 Å². The van der Waals surface area contributed by atoms with Gasteiger partial charge in [-0.2, -0.15) is 10.2 Å². The molecule has 2 N–H and O–H groups in total. The van der Waals surface area contributed by atoms with Gasteiger partial charge in [0.05, 0.1) is 12.3 Å². The maximum absolute atomic E-state index is 14.2. The van der Waals surface area contributed by atoms with Crippen LogP contribution in [0.5, 0.6) is 0 Å². The fourth-order valence-corrected chi connectivity index (χ4v) is 3.40. The smallest absolute Gasteiger partial charge is 0.222 e. The van der Waals surface area contributed by atoms with Gasteiger partial charge in [0, 0.05) is 28.5 Å². The first kappa shape index (κ1) is 15.7. The first-order valence-corrected chi connectivity index (χ1v) is 7.96. The number of hydrogen-bond acceptors (Lipinski definition) is 5. The van der Waals surface area contributed by atoms with Crippen LogP contribution in [0.3, 0.4) is 0 Å². The molecule has 5 nitrogen and oxygen atoms in total. The lowest BCUT2D eigenvalue weighted by Gasteiger charge is -2.25. The van der Waals surface area contributed by atoms with E-state index in [1.54, 1.807) is 0 Å². The van der Waals surface area contributed by atoms with Gasteiger partial charge < -0.3 is 10.6 Å². The van der Waals surface area contributed by atoms with Crippen LogP contribution in [-0.4, -0.2) is 16.5 Å². The van der Waals surface area contributed by atoms with Crippen molar-refractivity contribution in [3.63, 3.8) is 0 Å². The molecule has 0 fully saturated rings. The van der Waals surface area contributed by atoms with Gasteiger partial charge in [-0.25, -0.2) is 9.37 Å². The maximum Gasteiger partial charge on any atom is 0.222 e. The molecule has 1 aromatic heterocycles. The molecule has 0 bridgehead atoms. The summed E-state index contributed by atoms with van der Waals surface area (Å²) in [4.78, 5) is 9.56. The van der Waals surface area contributed by atoms with Crippen molar-refractivity contribution in [1.29, 1.82) is 5.26 Å². The monoisotopic (exact) mass is 375 g/mol. The summed E-state index contributed by atoms with van der Waals surface area (Å²) >= 11 is 3.46. The number of hydrogen-bond donors (Lipinski definition) is 1. The molecule has 23 heavy (non-hydrogen) atoms. The maximum atomic E-state index is 14.2. The third-order valence-electron chi connectivity index (χ3n) is 4.20. The highest BCUT2D eigenvalue weighted by Gasteiger charge is 2.40. The Bertz CT molecular complexity index is 804. The minimum absolute atomic E-state index is 0.0311. The molecular formula is C16H15BrFN5. The van der Waals surface area contributed by atoms with Crippen molar-refractivity contribution >= 4 is 33.4 Å². The van der Waals surface area contributed by atoms with E-state index in [2.05, 4.69) is 38.9 Å². The number of halogens is 2. The van der Waals surface area contributed by atoms with Gasteiger partial charge in [0.15, 0.2) is 11.6 Å². The molecule has 7 heteroatoms. The summed E-state index contributed by atoms with van der Waals surface area (Å²) in [7, 11) is 0. The SMILES string of the molecule is CC1(CCC#N)CN(c2nc(N)ncc2F)c2cc(Br)ccc21. The molecule has 0 spiro atoms. The Morgan fingerprint density at radius 2 is 2.30 bits per heavy atom. The van der Waals surface area contributed by atoms with Crippen LogP contribution >= 0.6 is 15.9 Å². The molecule has 1 unspecified atom stereocenters. The number of benzene rings is 1. The van der Waals surface area contributed by atoms with E-state index in [9.17, 15) is 4.39 Å². The number of nitriles is 1. The molecule has 2 aromatic rings. The Hall–Kier alpha value is -2.20. The minimum atomic E-state index is -0.519. The lowest BCUT2D eigenvalue weighted by molar-refractivity contribution is 0.471. The van der Waals surface area contributed by atoms with Crippen LogP contribution in [0, 0.1) is 17.1 Å². The van der Waals surface area contributed by atoms with Crippen molar-refractivity contribution < 1.29 is 4.39 Å². The van der Waals surface area contributed by atoms with Gasteiger partial charge in [-0.1, -0.05) is 28.9 Å². The van der Waals surface area contributed by atoms with Gasteiger partial charge >= 0.3 is 0 Å². The molecule has 1 aliphatic heterocycles. The summed E-state index contributed by atoms with van der Waals surface area (Å²) in [5, 5.41) is 8.93. The van der Waals surface area contributed by atoms with Crippen molar-refractivity contribution in [3.8, 4) is 6.07 Å². The highest BCUT2D eigenvalue weighted by molar-refractivity contribution is 9.10. The lowest BCUT2D eigenvalue weighted by Crippen LogP contribution is -2.29. The summed E-state index contributed by atoms with van der Waals surface area (Å²) in [5.41, 5.74) is 7.32. The Balaban J connectivity index is 2.12. The molecule has 3 rings (SSSR count). The van der Waals surface area contributed by atoms with E-state index in [0.29, 0.717) is 19.4 Å². The molecule has 0 amide bonds. The van der Waals surface area contributed by atoms with Crippen LogP contribution in [0.25, 0.3) is 0 Å². The van der Waals surface area contributed by atoms with Gasteiger partial charge in [0.25, 0.3) is 0 Å². The topological polar surface area (TPSA) is 78.8 Å². The first-order chi connectivity index (χ1) is 10.9. The van der Waals surface area contributed by atoms with E-state index in [1.165, 1.54) is 0 Å². The summed E-state index contributed by atoms with van der Waals surface area (Å²) in [6, 6.07) is 8.09. The van der Waals surface area contributed by atoms with E-state index in [4.69, 9.17) is 11.0 Å². The molecule has 1 aliphatic rings. The minimum Gasteiger partial charge on any atom is -0.368 e. The quantitative estimate of drug-likeness (QED) is 0.884. The Morgan fingerprint density at radius 3 is 3.04 bits per heavy atom. The van der Waals surface area contributed by atoms with Crippen LogP contribution in [0.15, 0.2) is 28.9 Å². The molecular weight excluding hydrogens is 361 g/mol. The highest BCUT2D eigenvalue weighted by Crippen LogP contribution is 2.47. The first-order valence-electron chi connectivity index (χ1n) is 7.17. The third-order valence-corrected chi connectivity index (χ3v) is 4.69. The van der Waals surface area contributed by atoms with Crippen LogP contribution < -0.4 is 10.6 Å². The normalized spacial score (nSPS) is 19.5. The number of nitrogens with two attached hydrogens (primary N) is 1. The number of fused-ring (bicyclic) bond motifs is 1. The second-order valence-corrected chi connectivity index (χ2v) is 6.78. The zero-order valence-electron chi connectivity index (χ0n) is 12.6. The molecule has 2 heterocycles. The number of nitrogens with zero attached hydrogens (tertiary/aromatic N) is 4. The molecule has 0 saturated heterocycles. The Kier molecular flexibility index (Phi) is 3.94. The number of nitrogen functional groups attached to an aromatic ring is 1. The Morgan fingerprint density at radius 1 is 1.52 bits per heavy atom. The van der Waals surface area contributed by atoms with Crippen molar-refractivity contribution in [3.05, 3.63) is 40.2 Å². The number of aromatic nitrogens is 2. The van der Waals surface area contributed by atoms with Gasteiger partial charge in [-0.15, -0.1) is 0 Å². The van der Waals surface area contributed by atoms with Crippen LogP contribution in [0.4, 0.5) is 21.8 Å². The summed E-state index contributed by atoms with van der Waals surface area (Å²) < 4.78 is 15.1. The molecule has 1 aromatic carbocycles. The molecule has 0 aliphatic carbocycles. The molecule has 0 radical (unpaired) electrons. The van der Waals surface area contributed by atoms with Crippen LogP contribution in [-0.2, 0) is 5.41 Å². The summed E-state index contributed by atoms with van der Waals surface area (Å²) in [6.07, 6.45) is 2.21. The third kappa shape index (κ3) is 2.75. The number of rotatable bonds is 3. The average molecular weight is 376 g/mol. The predicted molar refractivity (Wildman–Crippen MR) is 89.7 cm³/mol. The van der Waals surface area contributed by atoms with Crippen molar-refractivity contribution in [1.82, 2.24) is 9.97 Å². The van der Waals surface area contributed by atoms with Crippen LogP contribution in [0.1, 0.15) is 25.3 Å². The van der Waals surface area contributed by atoms with Crippen molar-refractivity contribution in [2.75, 3.05) is 17.2 Å². The molecule has 1 atom stereocenters. The van der Waals surface area contributed by atoms with Crippen LogP contribution in [0.2, 0.25) is 0 Å². The van der Waals surface area contributed by atoms with Gasteiger partial charge in [-0.05, 0) is 24.1 Å². The number of anilines is 3. The second kappa shape index (κ2) is 5.78. The molecule has 0 saturated carbocycles. The fourth-order valence-electron chi connectivity index (χ4n) is 3.05. The summed E-state index contributed by atoms with van der Waals surface area (Å²) in [5.74, 6) is -0.323. The van der Waals surface area contributed by atoms with Crippen molar-refractivity contribution in [2.45, 2.75) is 25.2 Å². The zero-order chi connectivity index (χ0) is 16.6. The average Bonchev–Trinajstić information content (AvgIpc) is 2.80.